The molecule has 0 aromatic carbocycles. The number of aromatic nitrogens is 2. The van der Waals surface area contributed by atoms with Gasteiger partial charge >= 0.3 is 0 Å². The number of nitrogen functional groups attached to an aromatic ring is 1. The van der Waals surface area contributed by atoms with E-state index in [4.69, 9.17) is 21.0 Å². The first-order valence-corrected chi connectivity index (χ1v) is 4.15. The average Bonchev–Trinajstić information content (AvgIpc) is 2.19. The highest BCUT2D eigenvalue weighted by molar-refractivity contribution is 5.96. The van der Waals surface area contributed by atoms with Crippen molar-refractivity contribution in [3.05, 3.63) is 17.8 Å². The molecule has 0 bridgehead atoms. The quantitative estimate of drug-likeness (QED) is 0.335. The van der Waals surface area contributed by atoms with Crippen molar-refractivity contribution in [1.29, 1.82) is 5.41 Å². The lowest BCUT2D eigenvalue weighted by atomic mass is 10.3. The third-order valence-electron chi connectivity index (χ3n) is 1.52. The highest BCUT2D eigenvalue weighted by Gasteiger charge is 2.07. The Morgan fingerprint density at radius 3 is 3.07 bits per heavy atom. The molecule has 6 nitrogen and oxygen atoms in total. The van der Waals surface area contributed by atoms with E-state index in [0.717, 1.165) is 0 Å². The van der Waals surface area contributed by atoms with Crippen molar-refractivity contribution in [3.8, 4) is 5.88 Å². The summed E-state index contributed by atoms with van der Waals surface area (Å²) in [6.45, 7) is 0.380. The number of nitrogens with one attached hydrogen (secondary N) is 1. The minimum Gasteiger partial charge on any atom is -0.476 e. The van der Waals surface area contributed by atoms with Gasteiger partial charge in [0.05, 0.1) is 18.4 Å². The summed E-state index contributed by atoms with van der Waals surface area (Å²) >= 11 is 0. The second kappa shape index (κ2) is 5.13. The van der Waals surface area contributed by atoms with Crippen LogP contribution in [0, 0.1) is 5.41 Å². The third-order valence-corrected chi connectivity index (χ3v) is 1.52. The van der Waals surface area contributed by atoms with Gasteiger partial charge in [0.2, 0.25) is 5.88 Å². The normalized spacial score (nSPS) is 9.79. The molecule has 0 fully saturated rings. The lowest BCUT2D eigenvalue weighted by Gasteiger charge is -2.06. The van der Waals surface area contributed by atoms with Crippen LogP contribution in [0.15, 0.2) is 12.3 Å². The van der Waals surface area contributed by atoms with Crippen LogP contribution in [0.5, 0.6) is 5.88 Å². The number of hydrogen-bond donors (Lipinski definition) is 3. The maximum atomic E-state index is 8.54. The van der Waals surface area contributed by atoms with Gasteiger partial charge in [-0.1, -0.05) is 0 Å². The van der Waals surface area contributed by atoms with E-state index in [1.54, 1.807) is 6.07 Å². The summed E-state index contributed by atoms with van der Waals surface area (Å²) < 4.78 is 5.18. The maximum absolute atomic E-state index is 8.54. The molecule has 0 aliphatic rings. The van der Waals surface area contributed by atoms with E-state index in [1.807, 2.05) is 0 Å². The van der Waals surface area contributed by atoms with Crippen LogP contribution in [0.3, 0.4) is 0 Å². The van der Waals surface area contributed by atoms with Gasteiger partial charge in [-0.25, -0.2) is 0 Å². The fourth-order valence-electron chi connectivity index (χ4n) is 0.864. The molecule has 6 heteroatoms. The number of aliphatic hydroxyl groups excluding tert-OH is 1. The van der Waals surface area contributed by atoms with E-state index in [9.17, 15) is 0 Å². The van der Waals surface area contributed by atoms with Crippen LogP contribution in [0.2, 0.25) is 0 Å². The minimum atomic E-state index is -0.112. The van der Waals surface area contributed by atoms with Gasteiger partial charge in [0, 0.05) is 13.0 Å². The molecule has 0 saturated heterocycles. The van der Waals surface area contributed by atoms with Crippen molar-refractivity contribution in [2.75, 3.05) is 13.2 Å². The second-order valence-electron chi connectivity index (χ2n) is 2.59. The van der Waals surface area contributed by atoms with Gasteiger partial charge in [0.15, 0.2) is 0 Å². The zero-order valence-electron chi connectivity index (χ0n) is 7.60. The van der Waals surface area contributed by atoms with Gasteiger partial charge in [-0.15, -0.1) is 5.10 Å². The Labute approximate surface area is 81.2 Å². The number of aliphatic hydroxyl groups is 1. The molecule has 0 radical (unpaired) electrons. The zero-order chi connectivity index (χ0) is 10.4. The van der Waals surface area contributed by atoms with E-state index in [1.165, 1.54) is 6.20 Å². The Morgan fingerprint density at radius 2 is 2.43 bits per heavy atom. The first-order chi connectivity index (χ1) is 6.75. The largest absolute Gasteiger partial charge is 0.476 e. The summed E-state index contributed by atoms with van der Waals surface area (Å²) in [4.78, 5) is 0. The van der Waals surface area contributed by atoms with Crippen LogP contribution in [-0.4, -0.2) is 34.4 Å². The average molecular weight is 196 g/mol. The Hall–Kier alpha value is -1.69. The van der Waals surface area contributed by atoms with Crippen LogP contribution in [0.1, 0.15) is 12.0 Å². The lowest BCUT2D eigenvalue weighted by Crippen LogP contribution is -2.15. The third kappa shape index (κ3) is 2.67. The van der Waals surface area contributed by atoms with E-state index in [0.29, 0.717) is 18.6 Å². The van der Waals surface area contributed by atoms with Gasteiger partial charge < -0.3 is 15.6 Å². The Balaban J connectivity index is 2.69. The number of nitrogens with two attached hydrogens (primary N) is 1. The van der Waals surface area contributed by atoms with Crippen molar-refractivity contribution in [2.24, 2.45) is 5.73 Å². The van der Waals surface area contributed by atoms with Crippen molar-refractivity contribution in [3.63, 3.8) is 0 Å². The minimum absolute atomic E-state index is 0.0513. The number of ether oxygens (including phenoxy) is 1. The van der Waals surface area contributed by atoms with Gasteiger partial charge in [0.25, 0.3) is 0 Å². The summed E-state index contributed by atoms with van der Waals surface area (Å²) in [5, 5.41) is 23.1. The van der Waals surface area contributed by atoms with E-state index in [-0.39, 0.29) is 18.3 Å². The summed E-state index contributed by atoms with van der Waals surface area (Å²) in [5.74, 6) is 0.118. The highest BCUT2D eigenvalue weighted by atomic mass is 16.5. The van der Waals surface area contributed by atoms with Crippen LogP contribution >= 0.6 is 0 Å². The van der Waals surface area contributed by atoms with Gasteiger partial charge in [-0.05, 0) is 6.07 Å². The second-order valence-corrected chi connectivity index (χ2v) is 2.59. The Kier molecular flexibility index (Phi) is 3.81. The molecule has 1 aromatic rings. The topological polar surface area (TPSA) is 105 Å². The number of amidine groups is 1. The van der Waals surface area contributed by atoms with Crippen molar-refractivity contribution >= 4 is 5.84 Å². The molecule has 76 valence electrons. The maximum Gasteiger partial charge on any atom is 0.244 e. The summed E-state index contributed by atoms with van der Waals surface area (Å²) in [6.07, 6.45) is 1.95. The smallest absolute Gasteiger partial charge is 0.244 e. The monoisotopic (exact) mass is 196 g/mol. The van der Waals surface area contributed by atoms with E-state index < -0.39 is 0 Å². The van der Waals surface area contributed by atoms with Crippen LogP contribution in [0.4, 0.5) is 0 Å². The Bertz CT molecular complexity index is 316. The molecule has 14 heavy (non-hydrogen) atoms. The molecule has 0 atom stereocenters. The molecule has 1 heterocycles. The SMILES string of the molecule is N=C(N)c1ccnnc1OCCCO. The van der Waals surface area contributed by atoms with E-state index >= 15 is 0 Å². The van der Waals surface area contributed by atoms with Gasteiger partial charge in [-0.3, -0.25) is 5.41 Å². The standard InChI is InChI=1S/C8H12N4O2/c9-7(10)6-2-3-11-12-8(6)14-5-1-4-13/h2-3,13H,1,4-5H2,(H3,9,10). The van der Waals surface area contributed by atoms with Crippen molar-refractivity contribution < 1.29 is 9.84 Å². The first-order valence-electron chi connectivity index (χ1n) is 4.15. The number of hydrogen-bond acceptors (Lipinski definition) is 5. The molecular weight excluding hydrogens is 184 g/mol. The molecule has 0 aliphatic carbocycles. The molecule has 0 amide bonds. The predicted octanol–water partition coefficient (Wildman–Crippen LogP) is -0.478. The molecule has 1 aromatic heterocycles. The van der Waals surface area contributed by atoms with Gasteiger partial charge in [-0.2, -0.15) is 5.10 Å². The molecule has 0 aliphatic heterocycles. The predicted molar refractivity (Wildman–Crippen MR) is 50.2 cm³/mol. The molecule has 0 unspecified atom stereocenters. The summed E-state index contributed by atoms with van der Waals surface area (Å²) in [7, 11) is 0. The zero-order valence-corrected chi connectivity index (χ0v) is 7.60. The molecule has 0 saturated carbocycles. The molecule has 4 N–H and O–H groups in total. The first kappa shape index (κ1) is 10.4. The Morgan fingerprint density at radius 1 is 1.64 bits per heavy atom. The van der Waals surface area contributed by atoms with Crippen molar-refractivity contribution in [1.82, 2.24) is 10.2 Å². The highest BCUT2D eigenvalue weighted by Crippen LogP contribution is 2.11. The van der Waals surface area contributed by atoms with Gasteiger partial charge in [0.1, 0.15) is 5.84 Å². The molecule has 0 spiro atoms. The van der Waals surface area contributed by atoms with Crippen molar-refractivity contribution in [2.45, 2.75) is 6.42 Å². The number of rotatable bonds is 5. The molecule has 1 rings (SSSR count). The number of nitrogens with zero attached hydrogens (tertiary/aromatic N) is 2. The van der Waals surface area contributed by atoms with Crippen LogP contribution < -0.4 is 10.5 Å². The fraction of sp³-hybridized carbons (Fsp3) is 0.375. The fourth-order valence-corrected chi connectivity index (χ4v) is 0.864. The summed E-state index contributed by atoms with van der Waals surface area (Å²) in [6, 6.07) is 1.56. The van der Waals surface area contributed by atoms with Crippen LogP contribution in [0.25, 0.3) is 0 Å². The lowest BCUT2D eigenvalue weighted by molar-refractivity contribution is 0.228. The van der Waals surface area contributed by atoms with Crippen LogP contribution in [-0.2, 0) is 0 Å². The molecular formula is C8H12N4O2. The van der Waals surface area contributed by atoms with E-state index in [2.05, 4.69) is 10.2 Å². The summed E-state index contributed by atoms with van der Waals surface area (Å²) in [5.41, 5.74) is 5.72.